The molecule has 3 rings (SSSR count). The van der Waals surface area contributed by atoms with Crippen LogP contribution in [0.5, 0.6) is 5.75 Å². The molecule has 2 amide bonds. The van der Waals surface area contributed by atoms with E-state index in [9.17, 15) is 4.79 Å². The van der Waals surface area contributed by atoms with Crippen LogP contribution in [0.25, 0.3) is 0 Å². The van der Waals surface area contributed by atoms with Crippen LogP contribution in [0.15, 0.2) is 35.1 Å². The SMILES string of the molecule is Cc1c(NC(=O)NCc2ccon2)cccc1OC1CCCC1. The largest absolute Gasteiger partial charge is 0.490 e. The highest BCUT2D eigenvalue weighted by Gasteiger charge is 2.18. The first-order valence-corrected chi connectivity index (χ1v) is 7.93. The fourth-order valence-corrected chi connectivity index (χ4v) is 2.73. The molecule has 0 atom stereocenters. The maximum atomic E-state index is 12.0. The molecule has 6 nitrogen and oxygen atoms in total. The number of carbonyl (C=O) groups is 1. The van der Waals surface area contributed by atoms with Crippen molar-refractivity contribution in [3.05, 3.63) is 41.8 Å². The highest BCUT2D eigenvalue weighted by atomic mass is 16.5. The summed E-state index contributed by atoms with van der Waals surface area (Å²) < 4.78 is 10.8. The maximum Gasteiger partial charge on any atom is 0.319 e. The van der Waals surface area contributed by atoms with Gasteiger partial charge in [0.05, 0.1) is 12.6 Å². The van der Waals surface area contributed by atoms with Gasteiger partial charge in [0.25, 0.3) is 0 Å². The lowest BCUT2D eigenvalue weighted by Crippen LogP contribution is -2.28. The smallest absolute Gasteiger partial charge is 0.319 e. The first kappa shape index (κ1) is 15.4. The molecule has 2 N–H and O–H groups in total. The van der Waals surface area contributed by atoms with E-state index in [-0.39, 0.29) is 6.03 Å². The van der Waals surface area contributed by atoms with E-state index in [0.717, 1.165) is 29.8 Å². The Morgan fingerprint density at radius 3 is 2.91 bits per heavy atom. The summed E-state index contributed by atoms with van der Waals surface area (Å²) in [4.78, 5) is 12.0. The first-order chi connectivity index (χ1) is 11.2. The Hall–Kier alpha value is -2.50. The van der Waals surface area contributed by atoms with Gasteiger partial charge in [-0.3, -0.25) is 0 Å². The summed E-state index contributed by atoms with van der Waals surface area (Å²) >= 11 is 0. The Labute approximate surface area is 135 Å². The van der Waals surface area contributed by atoms with E-state index in [1.165, 1.54) is 19.1 Å². The molecule has 1 aromatic heterocycles. The van der Waals surface area contributed by atoms with Gasteiger partial charge in [-0.25, -0.2) is 4.79 Å². The molecule has 0 saturated heterocycles. The van der Waals surface area contributed by atoms with Crippen molar-refractivity contribution in [1.29, 1.82) is 0 Å². The van der Waals surface area contributed by atoms with Gasteiger partial charge in [-0.1, -0.05) is 11.2 Å². The lowest BCUT2D eigenvalue weighted by atomic mass is 10.1. The number of nitrogens with zero attached hydrogens (tertiary/aromatic N) is 1. The normalized spacial score (nSPS) is 14.7. The van der Waals surface area contributed by atoms with Gasteiger partial charge in [-0.2, -0.15) is 0 Å². The molecule has 1 fully saturated rings. The monoisotopic (exact) mass is 315 g/mol. The number of ether oxygens (including phenoxy) is 1. The number of nitrogens with one attached hydrogen (secondary N) is 2. The third kappa shape index (κ3) is 4.03. The second-order valence-corrected chi connectivity index (χ2v) is 5.75. The van der Waals surface area contributed by atoms with Gasteiger partial charge in [0.2, 0.25) is 0 Å². The topological polar surface area (TPSA) is 76.4 Å². The van der Waals surface area contributed by atoms with Crippen LogP contribution in [-0.4, -0.2) is 17.3 Å². The van der Waals surface area contributed by atoms with Crippen LogP contribution in [-0.2, 0) is 6.54 Å². The number of rotatable bonds is 5. The molecule has 1 aliphatic carbocycles. The van der Waals surface area contributed by atoms with E-state index in [1.807, 2.05) is 25.1 Å². The highest BCUT2D eigenvalue weighted by Crippen LogP contribution is 2.30. The van der Waals surface area contributed by atoms with Crippen molar-refractivity contribution in [1.82, 2.24) is 10.5 Å². The molecule has 0 aliphatic heterocycles. The third-order valence-electron chi connectivity index (χ3n) is 4.05. The molecule has 0 spiro atoms. The van der Waals surface area contributed by atoms with Gasteiger partial charge in [0, 0.05) is 17.3 Å². The number of urea groups is 1. The van der Waals surface area contributed by atoms with Gasteiger partial charge >= 0.3 is 6.03 Å². The Kier molecular flexibility index (Phi) is 4.80. The zero-order valence-corrected chi connectivity index (χ0v) is 13.2. The molecule has 2 aromatic rings. The summed E-state index contributed by atoms with van der Waals surface area (Å²) in [6.45, 7) is 2.27. The second kappa shape index (κ2) is 7.17. The predicted molar refractivity (Wildman–Crippen MR) is 86.4 cm³/mol. The summed E-state index contributed by atoms with van der Waals surface area (Å²) in [5.41, 5.74) is 2.37. The number of carbonyl (C=O) groups excluding carboxylic acids is 1. The molecule has 0 unspecified atom stereocenters. The van der Waals surface area contributed by atoms with E-state index in [1.54, 1.807) is 6.07 Å². The fourth-order valence-electron chi connectivity index (χ4n) is 2.73. The molecular formula is C17H21N3O3. The number of amides is 2. The number of hydrogen-bond donors (Lipinski definition) is 2. The molecule has 1 saturated carbocycles. The summed E-state index contributed by atoms with van der Waals surface area (Å²) in [6, 6.07) is 7.14. The number of benzene rings is 1. The van der Waals surface area contributed by atoms with Crippen LogP contribution >= 0.6 is 0 Å². The van der Waals surface area contributed by atoms with Crippen LogP contribution in [0.2, 0.25) is 0 Å². The number of hydrogen-bond acceptors (Lipinski definition) is 4. The van der Waals surface area contributed by atoms with Gasteiger partial charge in [0.15, 0.2) is 0 Å². The minimum absolute atomic E-state index is 0.283. The van der Waals surface area contributed by atoms with Crippen LogP contribution in [0.3, 0.4) is 0 Å². The lowest BCUT2D eigenvalue weighted by molar-refractivity contribution is 0.209. The van der Waals surface area contributed by atoms with E-state index in [4.69, 9.17) is 9.26 Å². The molecule has 0 bridgehead atoms. The maximum absolute atomic E-state index is 12.0. The average Bonchev–Trinajstić information content (AvgIpc) is 3.23. The van der Waals surface area contributed by atoms with Gasteiger partial charge in [-0.15, -0.1) is 0 Å². The van der Waals surface area contributed by atoms with Crippen molar-refractivity contribution >= 4 is 11.7 Å². The second-order valence-electron chi connectivity index (χ2n) is 5.75. The molecule has 23 heavy (non-hydrogen) atoms. The summed E-state index contributed by atoms with van der Waals surface area (Å²) in [5.74, 6) is 0.839. The van der Waals surface area contributed by atoms with E-state index < -0.39 is 0 Å². The van der Waals surface area contributed by atoms with Gasteiger partial charge in [-0.05, 0) is 44.7 Å². The average molecular weight is 315 g/mol. The fraction of sp³-hybridized carbons (Fsp3) is 0.412. The van der Waals surface area contributed by atoms with E-state index in [2.05, 4.69) is 15.8 Å². The molecule has 6 heteroatoms. The van der Waals surface area contributed by atoms with Crippen LogP contribution in [0, 0.1) is 6.92 Å². The van der Waals surface area contributed by atoms with Crippen LogP contribution in [0.1, 0.15) is 36.9 Å². The molecule has 1 aliphatic rings. The van der Waals surface area contributed by atoms with Crippen LogP contribution < -0.4 is 15.4 Å². The minimum Gasteiger partial charge on any atom is -0.490 e. The van der Waals surface area contributed by atoms with Crippen molar-refractivity contribution in [2.75, 3.05) is 5.32 Å². The van der Waals surface area contributed by atoms with E-state index in [0.29, 0.717) is 18.3 Å². The summed E-state index contributed by atoms with van der Waals surface area (Å²) in [7, 11) is 0. The number of anilines is 1. The van der Waals surface area contributed by atoms with Gasteiger partial charge in [0.1, 0.15) is 17.7 Å². The first-order valence-electron chi connectivity index (χ1n) is 7.93. The Morgan fingerprint density at radius 1 is 1.35 bits per heavy atom. The van der Waals surface area contributed by atoms with Crippen molar-refractivity contribution in [3.8, 4) is 5.75 Å². The van der Waals surface area contributed by atoms with Crippen molar-refractivity contribution in [3.63, 3.8) is 0 Å². The third-order valence-corrected chi connectivity index (χ3v) is 4.05. The van der Waals surface area contributed by atoms with Crippen LogP contribution in [0.4, 0.5) is 10.5 Å². The molecule has 122 valence electrons. The molecule has 0 radical (unpaired) electrons. The highest BCUT2D eigenvalue weighted by molar-refractivity contribution is 5.90. The Morgan fingerprint density at radius 2 is 2.17 bits per heavy atom. The quantitative estimate of drug-likeness (QED) is 0.883. The van der Waals surface area contributed by atoms with Crippen molar-refractivity contribution < 1.29 is 14.1 Å². The lowest BCUT2D eigenvalue weighted by Gasteiger charge is -2.17. The molecule has 1 aromatic carbocycles. The summed E-state index contributed by atoms with van der Waals surface area (Å²) in [5, 5.41) is 9.34. The van der Waals surface area contributed by atoms with Gasteiger partial charge < -0.3 is 19.9 Å². The van der Waals surface area contributed by atoms with Crippen molar-refractivity contribution in [2.24, 2.45) is 0 Å². The summed E-state index contributed by atoms with van der Waals surface area (Å²) in [6.07, 6.45) is 6.44. The standard InChI is InChI=1S/C17H21N3O3/c1-12-15(19-17(21)18-11-13-9-10-22-20-13)7-4-8-16(12)23-14-5-2-3-6-14/h4,7-10,14H,2-3,5-6,11H2,1H3,(H2,18,19,21). The predicted octanol–water partition coefficient (Wildman–Crippen LogP) is 3.63. The van der Waals surface area contributed by atoms with E-state index >= 15 is 0 Å². The minimum atomic E-state index is -0.283. The molecule has 1 heterocycles. The molecular weight excluding hydrogens is 294 g/mol. The zero-order chi connectivity index (χ0) is 16.1. The Balaban J connectivity index is 1.59. The Bertz CT molecular complexity index is 649. The van der Waals surface area contributed by atoms with Crippen molar-refractivity contribution in [2.45, 2.75) is 45.3 Å². The number of aromatic nitrogens is 1. The zero-order valence-electron chi connectivity index (χ0n) is 13.2.